The first-order chi connectivity index (χ1) is 6.95. The van der Waals surface area contributed by atoms with Crippen molar-refractivity contribution < 1.29 is 0 Å². The van der Waals surface area contributed by atoms with Crippen molar-refractivity contribution in [3.05, 3.63) is 23.2 Å². The smallest absolute Gasteiger partial charge is 0.126 e. The SMILES string of the molecule is c1csc(-c2nnn3c2CCCC3)c1. The minimum absolute atomic E-state index is 1.04. The van der Waals surface area contributed by atoms with Crippen molar-refractivity contribution in [2.24, 2.45) is 0 Å². The molecule has 3 heterocycles. The minimum Gasteiger partial charge on any atom is -0.249 e. The summed E-state index contributed by atoms with van der Waals surface area (Å²) in [6.45, 7) is 1.04. The van der Waals surface area contributed by atoms with Crippen molar-refractivity contribution in [1.82, 2.24) is 15.0 Å². The van der Waals surface area contributed by atoms with Gasteiger partial charge in [0.25, 0.3) is 0 Å². The van der Waals surface area contributed by atoms with E-state index in [1.54, 1.807) is 11.3 Å². The summed E-state index contributed by atoms with van der Waals surface area (Å²) >= 11 is 1.74. The van der Waals surface area contributed by atoms with E-state index >= 15 is 0 Å². The van der Waals surface area contributed by atoms with Crippen LogP contribution in [0.2, 0.25) is 0 Å². The fraction of sp³-hybridized carbons (Fsp3) is 0.400. The van der Waals surface area contributed by atoms with Gasteiger partial charge in [-0.15, -0.1) is 16.4 Å². The predicted octanol–water partition coefficient (Wildman–Crippen LogP) is 2.34. The Morgan fingerprint density at radius 1 is 1.36 bits per heavy atom. The van der Waals surface area contributed by atoms with E-state index in [1.165, 1.54) is 23.4 Å². The maximum Gasteiger partial charge on any atom is 0.126 e. The molecule has 0 aromatic carbocycles. The van der Waals surface area contributed by atoms with Crippen LogP contribution in [0.1, 0.15) is 18.5 Å². The molecule has 4 heteroatoms. The number of hydrogen-bond donors (Lipinski definition) is 0. The third-order valence-electron chi connectivity index (χ3n) is 2.63. The average Bonchev–Trinajstić information content (AvgIpc) is 2.85. The molecule has 0 radical (unpaired) electrons. The van der Waals surface area contributed by atoms with Crippen LogP contribution in [0, 0.1) is 0 Å². The molecule has 3 nitrogen and oxygen atoms in total. The summed E-state index contributed by atoms with van der Waals surface area (Å²) in [4.78, 5) is 1.24. The lowest BCUT2D eigenvalue weighted by atomic mass is 10.1. The van der Waals surface area contributed by atoms with Crippen molar-refractivity contribution in [2.45, 2.75) is 25.8 Å². The summed E-state index contributed by atoms with van der Waals surface area (Å²) in [7, 11) is 0. The molecule has 0 amide bonds. The van der Waals surface area contributed by atoms with E-state index in [1.807, 2.05) is 0 Å². The molecule has 0 aliphatic carbocycles. The van der Waals surface area contributed by atoms with Crippen LogP contribution in [0.3, 0.4) is 0 Å². The van der Waals surface area contributed by atoms with E-state index in [0.29, 0.717) is 0 Å². The summed E-state index contributed by atoms with van der Waals surface area (Å²) in [5, 5.41) is 10.5. The molecule has 2 aromatic rings. The fourth-order valence-electron chi connectivity index (χ4n) is 1.92. The minimum atomic E-state index is 1.04. The van der Waals surface area contributed by atoms with Crippen molar-refractivity contribution >= 4 is 11.3 Å². The number of thiophene rings is 1. The quantitative estimate of drug-likeness (QED) is 0.715. The van der Waals surface area contributed by atoms with Gasteiger partial charge in [-0.25, -0.2) is 4.68 Å². The Bertz CT molecular complexity index is 430. The molecule has 0 N–H and O–H groups in total. The van der Waals surface area contributed by atoms with Gasteiger partial charge in [0.1, 0.15) is 5.69 Å². The highest BCUT2D eigenvalue weighted by Crippen LogP contribution is 2.28. The molecule has 0 bridgehead atoms. The largest absolute Gasteiger partial charge is 0.249 e. The lowest BCUT2D eigenvalue weighted by molar-refractivity contribution is 0.477. The lowest BCUT2D eigenvalue weighted by Gasteiger charge is -2.12. The first-order valence-corrected chi connectivity index (χ1v) is 5.79. The summed E-state index contributed by atoms with van der Waals surface area (Å²) in [5.74, 6) is 0. The molecule has 0 atom stereocenters. The molecule has 3 rings (SSSR count). The Balaban J connectivity index is 2.11. The van der Waals surface area contributed by atoms with Gasteiger partial charge in [0, 0.05) is 6.54 Å². The van der Waals surface area contributed by atoms with Gasteiger partial charge in [-0.2, -0.15) is 0 Å². The van der Waals surface area contributed by atoms with E-state index < -0.39 is 0 Å². The maximum atomic E-state index is 4.26. The van der Waals surface area contributed by atoms with E-state index in [0.717, 1.165) is 18.7 Å². The monoisotopic (exact) mass is 205 g/mol. The van der Waals surface area contributed by atoms with Crippen molar-refractivity contribution in [2.75, 3.05) is 0 Å². The Labute approximate surface area is 86.4 Å². The predicted molar refractivity (Wildman–Crippen MR) is 56.3 cm³/mol. The zero-order valence-corrected chi connectivity index (χ0v) is 8.63. The van der Waals surface area contributed by atoms with E-state index in [9.17, 15) is 0 Å². The molecule has 0 unspecified atom stereocenters. The van der Waals surface area contributed by atoms with Crippen LogP contribution in [-0.2, 0) is 13.0 Å². The van der Waals surface area contributed by atoms with Gasteiger partial charge < -0.3 is 0 Å². The fourth-order valence-corrected chi connectivity index (χ4v) is 2.65. The van der Waals surface area contributed by atoms with Crippen LogP contribution in [0.25, 0.3) is 10.6 Å². The van der Waals surface area contributed by atoms with Crippen LogP contribution in [0.5, 0.6) is 0 Å². The topological polar surface area (TPSA) is 30.7 Å². The lowest BCUT2D eigenvalue weighted by Crippen LogP contribution is -2.11. The second kappa shape index (κ2) is 3.20. The number of nitrogens with zero attached hydrogens (tertiary/aromatic N) is 3. The van der Waals surface area contributed by atoms with Crippen LogP contribution < -0.4 is 0 Å². The summed E-state index contributed by atoms with van der Waals surface area (Å²) in [6, 6.07) is 4.18. The molecular weight excluding hydrogens is 194 g/mol. The molecule has 0 saturated carbocycles. The van der Waals surface area contributed by atoms with E-state index in [4.69, 9.17) is 0 Å². The second-order valence-electron chi connectivity index (χ2n) is 3.54. The molecule has 2 aromatic heterocycles. The molecule has 72 valence electrons. The van der Waals surface area contributed by atoms with Crippen molar-refractivity contribution in [1.29, 1.82) is 0 Å². The zero-order chi connectivity index (χ0) is 9.38. The van der Waals surface area contributed by atoms with Gasteiger partial charge in [-0.3, -0.25) is 0 Å². The van der Waals surface area contributed by atoms with Crippen LogP contribution in [-0.4, -0.2) is 15.0 Å². The average molecular weight is 205 g/mol. The van der Waals surface area contributed by atoms with Gasteiger partial charge in [-0.05, 0) is 30.7 Å². The number of rotatable bonds is 1. The van der Waals surface area contributed by atoms with Crippen LogP contribution >= 0.6 is 11.3 Å². The Morgan fingerprint density at radius 2 is 2.36 bits per heavy atom. The van der Waals surface area contributed by atoms with Gasteiger partial charge in [-0.1, -0.05) is 11.3 Å². The summed E-state index contributed by atoms with van der Waals surface area (Å²) in [5.41, 5.74) is 2.42. The first-order valence-electron chi connectivity index (χ1n) is 4.91. The number of fused-ring (bicyclic) bond motifs is 1. The summed E-state index contributed by atoms with van der Waals surface area (Å²) in [6.07, 6.45) is 3.63. The maximum absolute atomic E-state index is 4.26. The number of hydrogen-bond acceptors (Lipinski definition) is 3. The Morgan fingerprint density at radius 3 is 3.21 bits per heavy atom. The van der Waals surface area contributed by atoms with Gasteiger partial charge in [0.2, 0.25) is 0 Å². The third-order valence-corrected chi connectivity index (χ3v) is 3.50. The standard InChI is InChI=1S/C10H11N3S/c1-2-6-13-8(4-1)10(11-12-13)9-5-3-7-14-9/h3,5,7H,1-2,4,6H2. The van der Waals surface area contributed by atoms with Crippen molar-refractivity contribution in [3.63, 3.8) is 0 Å². The van der Waals surface area contributed by atoms with Crippen LogP contribution in [0.4, 0.5) is 0 Å². The highest BCUT2D eigenvalue weighted by molar-refractivity contribution is 7.13. The molecular formula is C10H11N3S. The van der Waals surface area contributed by atoms with Gasteiger partial charge in [0.05, 0.1) is 10.6 Å². The highest BCUT2D eigenvalue weighted by Gasteiger charge is 2.17. The zero-order valence-electron chi connectivity index (χ0n) is 7.81. The Hall–Kier alpha value is -1.16. The number of aromatic nitrogens is 3. The Kier molecular flexibility index (Phi) is 1.87. The number of aryl methyl sites for hydroxylation is 1. The van der Waals surface area contributed by atoms with Crippen molar-refractivity contribution in [3.8, 4) is 10.6 Å². The first kappa shape index (κ1) is 8.17. The summed E-state index contributed by atoms with van der Waals surface area (Å²) < 4.78 is 2.05. The highest BCUT2D eigenvalue weighted by atomic mass is 32.1. The molecule has 0 fully saturated rings. The van der Waals surface area contributed by atoms with Crippen LogP contribution in [0.15, 0.2) is 17.5 Å². The van der Waals surface area contributed by atoms with Gasteiger partial charge >= 0.3 is 0 Å². The molecule has 0 spiro atoms. The van der Waals surface area contributed by atoms with Gasteiger partial charge in [0.15, 0.2) is 0 Å². The van der Waals surface area contributed by atoms with E-state index in [2.05, 4.69) is 32.5 Å². The van der Waals surface area contributed by atoms with E-state index in [-0.39, 0.29) is 0 Å². The normalized spacial score (nSPS) is 15.4. The molecule has 14 heavy (non-hydrogen) atoms. The molecule has 1 aliphatic heterocycles. The molecule has 0 saturated heterocycles. The molecule has 1 aliphatic rings. The second-order valence-corrected chi connectivity index (χ2v) is 4.49. The third kappa shape index (κ3) is 1.18.